The van der Waals surface area contributed by atoms with E-state index in [1.165, 1.54) is 0 Å². The molecule has 1 N–H and O–H groups in total. The minimum atomic E-state index is -4.51. The highest BCUT2D eigenvalue weighted by Crippen LogP contribution is 2.15. The zero-order valence-electron chi connectivity index (χ0n) is 7.15. The number of hydrogen-bond donors (Lipinski definition) is 1. The summed E-state index contributed by atoms with van der Waals surface area (Å²) in [5, 5.41) is 8.47. The van der Waals surface area contributed by atoms with Crippen LogP contribution in [0.2, 0.25) is 0 Å². The summed E-state index contributed by atoms with van der Waals surface area (Å²) in [7, 11) is 0. The number of carboxylic acids is 1. The summed E-state index contributed by atoms with van der Waals surface area (Å²) < 4.78 is 39.3. The molecule has 0 spiro atoms. The number of alkyl halides is 3. The van der Waals surface area contributed by atoms with E-state index in [9.17, 15) is 18.0 Å². The molecule has 0 bridgehead atoms. The maximum atomic E-state index is 11.7. The van der Waals surface area contributed by atoms with Gasteiger partial charge in [-0.15, -0.1) is 0 Å². The van der Waals surface area contributed by atoms with Crippen LogP contribution >= 0.6 is 0 Å². The van der Waals surface area contributed by atoms with E-state index in [4.69, 9.17) is 5.11 Å². The molecule has 0 aliphatic heterocycles. The van der Waals surface area contributed by atoms with Crippen molar-refractivity contribution in [2.24, 2.45) is 0 Å². The maximum Gasteiger partial charge on any atom is 0.422 e. The molecule has 1 aromatic rings. The number of nitrogens with zero attached hydrogens (tertiary/aromatic N) is 2. The van der Waals surface area contributed by atoms with E-state index in [-0.39, 0.29) is 0 Å². The van der Waals surface area contributed by atoms with Crippen molar-refractivity contribution in [3.8, 4) is 6.01 Å². The number of hydrogen-bond acceptors (Lipinski definition) is 4. The summed E-state index contributed by atoms with van der Waals surface area (Å²) in [6.07, 6.45) is -3.51. The van der Waals surface area contributed by atoms with Gasteiger partial charge in [0.2, 0.25) is 0 Å². The smallest absolute Gasteiger partial charge is 0.422 e. The minimum absolute atomic E-state index is 0.429. The normalized spacial score (nSPS) is 11.1. The Kier molecular flexibility index (Phi) is 3.08. The summed E-state index contributed by atoms with van der Waals surface area (Å²) in [5.74, 6) is -1.37. The monoisotopic (exact) mass is 222 g/mol. The van der Waals surface area contributed by atoms with Gasteiger partial charge in [0.05, 0.1) is 0 Å². The van der Waals surface area contributed by atoms with E-state index in [1.54, 1.807) is 0 Å². The Hall–Kier alpha value is -1.86. The molecule has 0 saturated heterocycles. The molecule has 0 unspecified atom stereocenters. The number of carbonyl (C=O) groups is 1. The summed E-state index contributed by atoms with van der Waals surface area (Å²) >= 11 is 0. The number of ether oxygens (including phenoxy) is 1. The van der Waals surface area contributed by atoms with E-state index in [2.05, 4.69) is 14.7 Å². The van der Waals surface area contributed by atoms with Gasteiger partial charge in [-0.05, 0) is 6.07 Å². The Morgan fingerprint density at radius 1 is 1.53 bits per heavy atom. The van der Waals surface area contributed by atoms with Crippen molar-refractivity contribution in [1.29, 1.82) is 0 Å². The second-order valence-electron chi connectivity index (χ2n) is 2.43. The molecule has 1 rings (SSSR count). The number of rotatable bonds is 3. The van der Waals surface area contributed by atoms with Gasteiger partial charge >= 0.3 is 18.2 Å². The first-order valence-corrected chi connectivity index (χ1v) is 3.64. The lowest BCUT2D eigenvalue weighted by Crippen LogP contribution is -2.20. The Labute approximate surface area is 81.5 Å². The van der Waals surface area contributed by atoms with Crippen LogP contribution in [-0.2, 0) is 0 Å². The van der Waals surface area contributed by atoms with E-state index >= 15 is 0 Å². The molecule has 1 aromatic heterocycles. The van der Waals surface area contributed by atoms with E-state index in [1.807, 2.05) is 0 Å². The zero-order chi connectivity index (χ0) is 11.5. The summed E-state index contributed by atoms with van der Waals surface area (Å²) in [6, 6.07) is 0.426. The summed E-state index contributed by atoms with van der Waals surface area (Å²) in [6.45, 7) is -1.56. The third-order valence-electron chi connectivity index (χ3n) is 1.22. The first-order chi connectivity index (χ1) is 6.88. The van der Waals surface area contributed by atoms with Crippen molar-refractivity contribution in [2.45, 2.75) is 6.18 Å². The molecule has 8 heteroatoms. The predicted molar refractivity (Wildman–Crippen MR) is 40.5 cm³/mol. The molecule has 0 aliphatic rings. The fourth-order valence-electron chi connectivity index (χ4n) is 0.676. The van der Waals surface area contributed by atoms with Crippen LogP contribution in [0.15, 0.2) is 12.3 Å². The quantitative estimate of drug-likeness (QED) is 0.829. The second-order valence-corrected chi connectivity index (χ2v) is 2.43. The average molecular weight is 222 g/mol. The van der Waals surface area contributed by atoms with Crippen LogP contribution in [0, 0.1) is 0 Å². The van der Waals surface area contributed by atoms with Crippen LogP contribution in [0.4, 0.5) is 13.2 Å². The van der Waals surface area contributed by atoms with E-state index in [0.717, 1.165) is 12.3 Å². The molecule has 0 amide bonds. The maximum absolute atomic E-state index is 11.7. The number of carboxylic acid groups (broad SMARTS) is 1. The molecule has 82 valence electrons. The lowest BCUT2D eigenvalue weighted by molar-refractivity contribution is -0.154. The van der Waals surface area contributed by atoms with Gasteiger partial charge in [0.25, 0.3) is 0 Å². The van der Waals surface area contributed by atoms with Crippen molar-refractivity contribution in [3.63, 3.8) is 0 Å². The standard InChI is InChI=1S/C7H5F3N2O3/c8-7(9,10)3-15-6-11-2-1-4(12-6)5(13)14/h1-2H,3H2,(H,13,14). The van der Waals surface area contributed by atoms with Crippen molar-refractivity contribution >= 4 is 5.97 Å². The number of halogens is 3. The molecule has 1 heterocycles. The highest BCUT2D eigenvalue weighted by Gasteiger charge is 2.29. The van der Waals surface area contributed by atoms with Crippen LogP contribution in [-0.4, -0.2) is 33.8 Å². The molecular weight excluding hydrogens is 217 g/mol. The molecule has 0 aromatic carbocycles. The van der Waals surface area contributed by atoms with Gasteiger partial charge in [-0.25, -0.2) is 9.78 Å². The lowest BCUT2D eigenvalue weighted by atomic mass is 10.4. The van der Waals surface area contributed by atoms with E-state index in [0.29, 0.717) is 0 Å². The number of aromatic nitrogens is 2. The predicted octanol–water partition coefficient (Wildman–Crippen LogP) is 1.12. The molecule has 0 saturated carbocycles. The number of aromatic carboxylic acids is 1. The Morgan fingerprint density at radius 2 is 2.20 bits per heavy atom. The Morgan fingerprint density at radius 3 is 2.73 bits per heavy atom. The molecule has 0 atom stereocenters. The van der Waals surface area contributed by atoms with Crippen LogP contribution in [0.25, 0.3) is 0 Å². The molecule has 0 fully saturated rings. The SMILES string of the molecule is O=C(O)c1ccnc(OCC(F)(F)F)n1. The largest absolute Gasteiger partial charge is 0.477 e. The molecule has 0 radical (unpaired) electrons. The van der Waals surface area contributed by atoms with Crippen molar-refractivity contribution in [3.05, 3.63) is 18.0 Å². The van der Waals surface area contributed by atoms with Gasteiger partial charge in [-0.2, -0.15) is 18.2 Å². The lowest BCUT2D eigenvalue weighted by Gasteiger charge is -2.06. The van der Waals surface area contributed by atoms with Gasteiger partial charge in [0.15, 0.2) is 12.3 Å². The first kappa shape index (κ1) is 11.2. The van der Waals surface area contributed by atoms with E-state index < -0.39 is 30.5 Å². The highest BCUT2D eigenvalue weighted by atomic mass is 19.4. The summed E-state index contributed by atoms with van der Waals surface area (Å²) in [5.41, 5.74) is -0.429. The zero-order valence-corrected chi connectivity index (χ0v) is 7.15. The van der Waals surface area contributed by atoms with Gasteiger partial charge in [-0.3, -0.25) is 0 Å². The molecule has 15 heavy (non-hydrogen) atoms. The van der Waals surface area contributed by atoms with Crippen molar-refractivity contribution in [2.75, 3.05) is 6.61 Å². The average Bonchev–Trinajstić information content (AvgIpc) is 2.14. The Balaban J connectivity index is 2.70. The van der Waals surface area contributed by atoms with Crippen molar-refractivity contribution < 1.29 is 27.8 Å². The van der Waals surface area contributed by atoms with Crippen LogP contribution in [0.3, 0.4) is 0 Å². The van der Waals surface area contributed by atoms with Crippen LogP contribution < -0.4 is 4.74 Å². The van der Waals surface area contributed by atoms with Crippen LogP contribution in [0.1, 0.15) is 10.5 Å². The van der Waals surface area contributed by atoms with Gasteiger partial charge in [0, 0.05) is 6.20 Å². The minimum Gasteiger partial charge on any atom is -0.477 e. The third kappa shape index (κ3) is 3.79. The van der Waals surface area contributed by atoms with Gasteiger partial charge < -0.3 is 9.84 Å². The molecule has 0 aliphatic carbocycles. The topological polar surface area (TPSA) is 72.3 Å². The molecule has 5 nitrogen and oxygen atoms in total. The molecular formula is C7H5F3N2O3. The Bertz CT molecular complexity index is 367. The highest BCUT2D eigenvalue weighted by molar-refractivity contribution is 5.85. The first-order valence-electron chi connectivity index (χ1n) is 3.64. The van der Waals surface area contributed by atoms with Crippen molar-refractivity contribution in [1.82, 2.24) is 9.97 Å². The van der Waals surface area contributed by atoms with Gasteiger partial charge in [-0.1, -0.05) is 0 Å². The third-order valence-corrected chi connectivity index (χ3v) is 1.22. The van der Waals surface area contributed by atoms with Crippen LogP contribution in [0.5, 0.6) is 6.01 Å². The fourth-order valence-corrected chi connectivity index (χ4v) is 0.676. The van der Waals surface area contributed by atoms with Gasteiger partial charge in [0.1, 0.15) is 0 Å². The second kappa shape index (κ2) is 4.11. The fraction of sp³-hybridized carbons (Fsp3) is 0.286. The summed E-state index contributed by atoms with van der Waals surface area (Å²) in [4.78, 5) is 17.0.